The van der Waals surface area contributed by atoms with Crippen LogP contribution in [0, 0.1) is 6.92 Å². The lowest BCUT2D eigenvalue weighted by atomic mass is 10.6. The minimum Gasteiger partial charge on any atom is -0.380 e. The van der Waals surface area contributed by atoms with Gasteiger partial charge in [-0.25, -0.2) is 0 Å². The molecule has 9 heavy (non-hydrogen) atoms. The molecule has 0 aromatic heterocycles. The number of hydrogen-bond acceptors (Lipinski definition) is 2. The van der Waals surface area contributed by atoms with Crippen LogP contribution >= 0.6 is 0 Å². The largest absolute Gasteiger partial charge is 0.380 e. The van der Waals surface area contributed by atoms with Crippen molar-refractivity contribution in [3.8, 4) is 0 Å². The Bertz CT molecular complexity index is 83.1. The van der Waals surface area contributed by atoms with Gasteiger partial charge in [-0.1, -0.05) is 0 Å². The van der Waals surface area contributed by atoms with Crippen LogP contribution in [-0.4, -0.2) is 25.7 Å². The molecule has 0 bridgehead atoms. The number of hydrogen-bond donors (Lipinski definition) is 1. The Labute approximate surface area is 55.4 Å². The standard InChI is InChI=1S/C6H12NO2/c1-3-9-5-4-7-6(2)8/h2-5H2,1H3,(H,7,8). The third-order valence-electron chi connectivity index (χ3n) is 0.773. The summed E-state index contributed by atoms with van der Waals surface area (Å²) >= 11 is 0. The summed E-state index contributed by atoms with van der Waals surface area (Å²) in [5.41, 5.74) is 0. The van der Waals surface area contributed by atoms with Crippen molar-refractivity contribution in [2.24, 2.45) is 0 Å². The second kappa shape index (κ2) is 5.56. The molecule has 0 fully saturated rings. The molecule has 0 aliphatic heterocycles. The van der Waals surface area contributed by atoms with E-state index < -0.39 is 0 Å². The molecule has 53 valence electrons. The number of carbonyl (C=O) groups is 1. The van der Waals surface area contributed by atoms with Gasteiger partial charge in [-0.15, -0.1) is 0 Å². The van der Waals surface area contributed by atoms with Gasteiger partial charge in [0.1, 0.15) is 0 Å². The van der Waals surface area contributed by atoms with E-state index in [9.17, 15) is 4.79 Å². The molecule has 0 atom stereocenters. The van der Waals surface area contributed by atoms with Crippen LogP contribution in [0.25, 0.3) is 0 Å². The fourth-order valence-electron chi connectivity index (χ4n) is 0.407. The smallest absolute Gasteiger partial charge is 0.220 e. The van der Waals surface area contributed by atoms with Crippen LogP contribution in [0.3, 0.4) is 0 Å². The van der Waals surface area contributed by atoms with Crippen molar-refractivity contribution in [1.29, 1.82) is 0 Å². The van der Waals surface area contributed by atoms with E-state index in [-0.39, 0.29) is 5.91 Å². The van der Waals surface area contributed by atoms with E-state index in [0.717, 1.165) is 0 Å². The topological polar surface area (TPSA) is 38.3 Å². The normalized spacial score (nSPS) is 9.11. The van der Waals surface area contributed by atoms with E-state index in [1.54, 1.807) is 0 Å². The van der Waals surface area contributed by atoms with Crippen molar-refractivity contribution in [3.05, 3.63) is 6.92 Å². The second-order valence-corrected chi connectivity index (χ2v) is 1.55. The highest BCUT2D eigenvalue weighted by atomic mass is 16.5. The Morgan fingerprint density at radius 1 is 1.78 bits per heavy atom. The summed E-state index contributed by atoms with van der Waals surface area (Å²) in [5.74, 6) is -0.255. The van der Waals surface area contributed by atoms with Crippen molar-refractivity contribution in [2.75, 3.05) is 19.8 Å². The molecule has 0 aliphatic rings. The van der Waals surface area contributed by atoms with Gasteiger partial charge >= 0.3 is 0 Å². The number of nitrogens with one attached hydrogen (secondary N) is 1. The summed E-state index contributed by atoms with van der Waals surface area (Å²) in [4.78, 5) is 10.1. The summed E-state index contributed by atoms with van der Waals surface area (Å²) in [7, 11) is 0. The molecule has 0 aromatic rings. The summed E-state index contributed by atoms with van der Waals surface area (Å²) in [6.07, 6.45) is 0. The Morgan fingerprint density at radius 3 is 2.89 bits per heavy atom. The predicted octanol–water partition coefficient (Wildman–Crippen LogP) is -0.0268. The molecule has 0 unspecified atom stereocenters. The maximum Gasteiger partial charge on any atom is 0.220 e. The van der Waals surface area contributed by atoms with E-state index in [0.29, 0.717) is 19.8 Å². The zero-order valence-corrected chi connectivity index (χ0v) is 5.64. The first-order chi connectivity index (χ1) is 4.27. The summed E-state index contributed by atoms with van der Waals surface area (Å²) < 4.78 is 4.94. The molecule has 1 radical (unpaired) electrons. The Kier molecular flexibility index (Phi) is 5.21. The summed E-state index contributed by atoms with van der Waals surface area (Å²) in [6.45, 7) is 6.85. The lowest BCUT2D eigenvalue weighted by Crippen LogP contribution is -2.24. The zero-order valence-electron chi connectivity index (χ0n) is 5.64. The van der Waals surface area contributed by atoms with Gasteiger partial charge < -0.3 is 10.1 Å². The lowest BCUT2D eigenvalue weighted by molar-refractivity contribution is -0.116. The van der Waals surface area contributed by atoms with Crippen LogP contribution in [0.15, 0.2) is 0 Å². The first-order valence-corrected chi connectivity index (χ1v) is 2.95. The molecule has 3 heteroatoms. The third kappa shape index (κ3) is 7.43. The lowest BCUT2D eigenvalue weighted by Gasteiger charge is -2.00. The third-order valence-corrected chi connectivity index (χ3v) is 0.773. The minimum absolute atomic E-state index is 0.255. The molecule has 0 rings (SSSR count). The minimum atomic E-state index is -0.255. The van der Waals surface area contributed by atoms with Gasteiger partial charge in [-0.2, -0.15) is 0 Å². The Hall–Kier alpha value is -0.570. The van der Waals surface area contributed by atoms with Crippen molar-refractivity contribution in [1.82, 2.24) is 5.32 Å². The van der Waals surface area contributed by atoms with Gasteiger partial charge in [0, 0.05) is 20.1 Å². The fourth-order valence-corrected chi connectivity index (χ4v) is 0.407. The van der Waals surface area contributed by atoms with Crippen LogP contribution in [0.5, 0.6) is 0 Å². The van der Waals surface area contributed by atoms with E-state index in [4.69, 9.17) is 4.74 Å². The van der Waals surface area contributed by atoms with E-state index >= 15 is 0 Å². The van der Waals surface area contributed by atoms with Crippen LogP contribution in [0.2, 0.25) is 0 Å². The molecule has 1 amide bonds. The van der Waals surface area contributed by atoms with Gasteiger partial charge in [-0.05, 0) is 6.92 Å². The molecule has 3 nitrogen and oxygen atoms in total. The van der Waals surface area contributed by atoms with Crippen LogP contribution in [0.4, 0.5) is 0 Å². The molecule has 0 heterocycles. The number of carbonyl (C=O) groups excluding carboxylic acids is 1. The summed E-state index contributed by atoms with van der Waals surface area (Å²) in [5, 5.41) is 2.51. The quantitative estimate of drug-likeness (QED) is 0.543. The van der Waals surface area contributed by atoms with Crippen molar-refractivity contribution < 1.29 is 9.53 Å². The maximum atomic E-state index is 10.1. The molecule has 0 aliphatic carbocycles. The van der Waals surface area contributed by atoms with Crippen LogP contribution in [0.1, 0.15) is 6.92 Å². The van der Waals surface area contributed by atoms with Gasteiger partial charge in [0.25, 0.3) is 0 Å². The van der Waals surface area contributed by atoms with Crippen LogP contribution in [-0.2, 0) is 9.53 Å². The highest BCUT2D eigenvalue weighted by molar-refractivity contribution is 5.79. The average Bonchev–Trinajstić information content (AvgIpc) is 1.80. The van der Waals surface area contributed by atoms with Crippen molar-refractivity contribution >= 4 is 5.91 Å². The molecular weight excluding hydrogens is 118 g/mol. The van der Waals surface area contributed by atoms with Gasteiger partial charge in [0.05, 0.1) is 6.61 Å². The summed E-state index contributed by atoms with van der Waals surface area (Å²) in [6, 6.07) is 0. The van der Waals surface area contributed by atoms with Crippen LogP contribution < -0.4 is 5.32 Å². The van der Waals surface area contributed by atoms with E-state index in [1.807, 2.05) is 6.92 Å². The molecule has 0 saturated carbocycles. The van der Waals surface area contributed by atoms with Gasteiger partial charge in [0.15, 0.2) is 0 Å². The molecule has 0 spiro atoms. The molecule has 0 saturated heterocycles. The van der Waals surface area contributed by atoms with Crippen molar-refractivity contribution in [2.45, 2.75) is 6.92 Å². The first-order valence-electron chi connectivity index (χ1n) is 2.95. The van der Waals surface area contributed by atoms with Gasteiger partial charge in [0.2, 0.25) is 5.91 Å². The SMILES string of the molecule is [CH2]C(=O)NCCOCC. The van der Waals surface area contributed by atoms with E-state index in [2.05, 4.69) is 12.2 Å². The Balaban J connectivity index is 2.83. The molecule has 0 aromatic carbocycles. The monoisotopic (exact) mass is 130 g/mol. The number of rotatable bonds is 4. The Morgan fingerprint density at radius 2 is 2.44 bits per heavy atom. The number of amides is 1. The fraction of sp³-hybridized carbons (Fsp3) is 0.667. The predicted molar refractivity (Wildman–Crippen MR) is 34.9 cm³/mol. The highest BCUT2D eigenvalue weighted by Gasteiger charge is 1.87. The van der Waals surface area contributed by atoms with Gasteiger partial charge in [-0.3, -0.25) is 4.79 Å². The average molecular weight is 130 g/mol. The van der Waals surface area contributed by atoms with Crippen molar-refractivity contribution in [3.63, 3.8) is 0 Å². The second-order valence-electron chi connectivity index (χ2n) is 1.55. The molecular formula is C6H12NO2. The first kappa shape index (κ1) is 8.43. The zero-order chi connectivity index (χ0) is 7.11. The molecule has 1 N–H and O–H groups in total. The highest BCUT2D eigenvalue weighted by Crippen LogP contribution is 1.69. The maximum absolute atomic E-state index is 10.1. The number of ether oxygens (including phenoxy) is 1. The van der Waals surface area contributed by atoms with E-state index in [1.165, 1.54) is 0 Å².